The van der Waals surface area contributed by atoms with E-state index in [1.54, 1.807) is 11.3 Å². The van der Waals surface area contributed by atoms with Crippen LogP contribution in [0.3, 0.4) is 0 Å². The molecule has 0 unspecified atom stereocenters. The molecule has 1 aromatic heterocycles. The molecule has 1 saturated heterocycles. The van der Waals surface area contributed by atoms with Crippen LogP contribution in [0.15, 0.2) is 42.5 Å². The number of piperazine rings is 1. The summed E-state index contributed by atoms with van der Waals surface area (Å²) in [7, 11) is 0. The molecular formula is C23H28N4O2S. The van der Waals surface area contributed by atoms with Gasteiger partial charge in [-0.2, -0.15) is 0 Å². The molecule has 1 aliphatic rings. The van der Waals surface area contributed by atoms with Crippen molar-refractivity contribution >= 4 is 32.6 Å². The lowest BCUT2D eigenvalue weighted by Gasteiger charge is -2.34. The Bertz CT molecular complexity index is 1010. The molecule has 6 nitrogen and oxygen atoms in total. The average molecular weight is 425 g/mol. The van der Waals surface area contributed by atoms with E-state index in [1.807, 2.05) is 50.2 Å². The van der Waals surface area contributed by atoms with Crippen molar-refractivity contribution in [2.75, 3.05) is 50.8 Å². The molecule has 1 aliphatic heterocycles. The number of benzene rings is 2. The summed E-state index contributed by atoms with van der Waals surface area (Å²) in [6.07, 6.45) is 0. The topological polar surface area (TPSA) is 57.7 Å². The molecule has 4 rings (SSSR count). The fraction of sp³-hybridized carbons (Fsp3) is 0.391. The molecule has 0 atom stereocenters. The maximum Gasteiger partial charge on any atom is 0.251 e. The van der Waals surface area contributed by atoms with E-state index >= 15 is 0 Å². The van der Waals surface area contributed by atoms with Crippen LogP contribution < -0.4 is 15.0 Å². The van der Waals surface area contributed by atoms with Crippen LogP contribution in [0.4, 0.5) is 5.13 Å². The lowest BCUT2D eigenvalue weighted by atomic mass is 10.1. The molecule has 1 fully saturated rings. The van der Waals surface area contributed by atoms with Crippen molar-refractivity contribution in [3.8, 4) is 5.75 Å². The predicted octanol–water partition coefficient (Wildman–Crippen LogP) is 3.56. The molecule has 1 N–H and O–H groups in total. The van der Waals surface area contributed by atoms with Crippen LogP contribution >= 0.6 is 11.3 Å². The molecule has 0 bridgehead atoms. The van der Waals surface area contributed by atoms with Gasteiger partial charge in [-0.05, 0) is 44.2 Å². The quantitative estimate of drug-likeness (QED) is 0.629. The summed E-state index contributed by atoms with van der Waals surface area (Å²) in [5.41, 5.74) is 2.85. The lowest BCUT2D eigenvalue weighted by molar-refractivity contribution is 0.0947. The lowest BCUT2D eigenvalue weighted by Crippen LogP contribution is -2.48. The van der Waals surface area contributed by atoms with Gasteiger partial charge in [0, 0.05) is 44.8 Å². The van der Waals surface area contributed by atoms with Gasteiger partial charge in [0.25, 0.3) is 5.91 Å². The second-order valence-electron chi connectivity index (χ2n) is 7.51. The number of carbonyl (C=O) groups is 1. The number of hydrogen-bond acceptors (Lipinski definition) is 6. The summed E-state index contributed by atoms with van der Waals surface area (Å²) in [6, 6.07) is 13.8. The number of nitrogens with zero attached hydrogens (tertiary/aromatic N) is 3. The van der Waals surface area contributed by atoms with Crippen LogP contribution in [0.2, 0.25) is 0 Å². The van der Waals surface area contributed by atoms with Crippen LogP contribution in [0.25, 0.3) is 10.2 Å². The van der Waals surface area contributed by atoms with E-state index in [2.05, 4.69) is 21.2 Å². The Morgan fingerprint density at radius 2 is 2.00 bits per heavy atom. The van der Waals surface area contributed by atoms with Gasteiger partial charge < -0.3 is 15.0 Å². The first kappa shape index (κ1) is 20.6. The fourth-order valence-corrected chi connectivity index (χ4v) is 4.71. The van der Waals surface area contributed by atoms with E-state index in [1.165, 1.54) is 0 Å². The highest BCUT2D eigenvalue weighted by atomic mass is 32.1. The van der Waals surface area contributed by atoms with Crippen molar-refractivity contribution in [1.82, 2.24) is 15.2 Å². The monoisotopic (exact) mass is 424 g/mol. The third kappa shape index (κ3) is 4.91. The minimum absolute atomic E-state index is 0.00164. The first-order chi connectivity index (χ1) is 14.6. The number of rotatable bonds is 7. The van der Waals surface area contributed by atoms with Crippen molar-refractivity contribution in [2.45, 2.75) is 13.8 Å². The Kier molecular flexibility index (Phi) is 6.50. The normalized spacial score (nSPS) is 14.8. The SMILES string of the molecule is CCOc1ccc2nc(N3CCN(CCNC(=O)c4cccc(C)c4)CC3)sc2c1. The molecule has 0 aliphatic carbocycles. The molecule has 158 valence electrons. The molecule has 2 heterocycles. The van der Waals surface area contributed by atoms with Gasteiger partial charge in [-0.25, -0.2) is 4.98 Å². The Labute approximate surface area is 181 Å². The highest BCUT2D eigenvalue weighted by Gasteiger charge is 2.20. The van der Waals surface area contributed by atoms with E-state index in [-0.39, 0.29) is 5.91 Å². The van der Waals surface area contributed by atoms with Crippen LogP contribution in [-0.2, 0) is 0 Å². The second-order valence-corrected chi connectivity index (χ2v) is 8.52. The number of nitrogens with one attached hydrogen (secondary N) is 1. The van der Waals surface area contributed by atoms with E-state index < -0.39 is 0 Å². The van der Waals surface area contributed by atoms with Gasteiger partial charge in [0.1, 0.15) is 5.75 Å². The van der Waals surface area contributed by atoms with Gasteiger partial charge in [-0.1, -0.05) is 29.0 Å². The van der Waals surface area contributed by atoms with Gasteiger partial charge in [0.2, 0.25) is 0 Å². The van der Waals surface area contributed by atoms with E-state index in [0.717, 1.165) is 64.9 Å². The summed E-state index contributed by atoms with van der Waals surface area (Å²) in [5, 5.41) is 4.11. The number of anilines is 1. The number of aryl methyl sites for hydroxylation is 1. The standard InChI is InChI=1S/C23H28N4O2S/c1-3-29-19-7-8-20-21(16-19)30-23(25-20)27-13-11-26(12-14-27)10-9-24-22(28)18-6-4-5-17(2)15-18/h4-8,15-16H,3,9-14H2,1-2H3,(H,24,28). The Hall–Kier alpha value is -2.64. The molecule has 7 heteroatoms. The van der Waals surface area contributed by atoms with Gasteiger partial charge in [0.15, 0.2) is 5.13 Å². The van der Waals surface area contributed by atoms with Crippen LogP contribution in [-0.4, -0.2) is 61.7 Å². The number of thiazole rings is 1. The Morgan fingerprint density at radius 3 is 2.77 bits per heavy atom. The summed E-state index contributed by atoms with van der Waals surface area (Å²) < 4.78 is 6.76. The van der Waals surface area contributed by atoms with E-state index in [4.69, 9.17) is 9.72 Å². The van der Waals surface area contributed by atoms with Crippen molar-refractivity contribution in [1.29, 1.82) is 0 Å². The van der Waals surface area contributed by atoms with Gasteiger partial charge in [-0.3, -0.25) is 9.69 Å². The zero-order valence-corrected chi connectivity index (χ0v) is 18.4. The number of fused-ring (bicyclic) bond motifs is 1. The largest absolute Gasteiger partial charge is 0.494 e. The van der Waals surface area contributed by atoms with Crippen LogP contribution in [0.1, 0.15) is 22.8 Å². The third-order valence-corrected chi connectivity index (χ3v) is 6.38. The number of ether oxygens (including phenoxy) is 1. The Balaban J connectivity index is 1.26. The van der Waals surface area contributed by atoms with E-state index in [9.17, 15) is 4.79 Å². The zero-order valence-electron chi connectivity index (χ0n) is 17.6. The molecule has 0 radical (unpaired) electrons. The molecule has 0 spiro atoms. The van der Waals surface area contributed by atoms with E-state index in [0.29, 0.717) is 13.2 Å². The van der Waals surface area contributed by atoms with Crippen molar-refractivity contribution in [3.05, 3.63) is 53.6 Å². The highest BCUT2D eigenvalue weighted by Crippen LogP contribution is 2.31. The van der Waals surface area contributed by atoms with Crippen molar-refractivity contribution in [2.24, 2.45) is 0 Å². The number of amides is 1. The van der Waals surface area contributed by atoms with Crippen molar-refractivity contribution < 1.29 is 9.53 Å². The Morgan fingerprint density at radius 1 is 1.17 bits per heavy atom. The number of aromatic nitrogens is 1. The minimum Gasteiger partial charge on any atom is -0.494 e. The molecule has 0 saturated carbocycles. The van der Waals surface area contributed by atoms with Crippen LogP contribution in [0, 0.1) is 6.92 Å². The highest BCUT2D eigenvalue weighted by molar-refractivity contribution is 7.22. The minimum atomic E-state index is -0.00164. The first-order valence-corrected chi connectivity index (χ1v) is 11.3. The maximum atomic E-state index is 12.3. The third-order valence-electron chi connectivity index (χ3n) is 5.30. The van der Waals surface area contributed by atoms with Gasteiger partial charge in [-0.15, -0.1) is 0 Å². The fourth-order valence-electron chi connectivity index (χ4n) is 3.66. The zero-order chi connectivity index (χ0) is 20.9. The molecular weight excluding hydrogens is 396 g/mol. The number of carbonyl (C=O) groups excluding carboxylic acids is 1. The summed E-state index contributed by atoms with van der Waals surface area (Å²) in [6.45, 7) is 10.0. The number of hydrogen-bond donors (Lipinski definition) is 1. The van der Waals surface area contributed by atoms with Gasteiger partial charge in [0.05, 0.1) is 16.8 Å². The average Bonchev–Trinajstić information content (AvgIpc) is 3.18. The summed E-state index contributed by atoms with van der Waals surface area (Å²) in [4.78, 5) is 21.8. The molecule has 2 aromatic carbocycles. The predicted molar refractivity (Wildman–Crippen MR) is 123 cm³/mol. The van der Waals surface area contributed by atoms with Crippen LogP contribution in [0.5, 0.6) is 5.75 Å². The van der Waals surface area contributed by atoms with Gasteiger partial charge >= 0.3 is 0 Å². The molecule has 30 heavy (non-hydrogen) atoms. The maximum absolute atomic E-state index is 12.3. The molecule has 3 aromatic rings. The molecule has 1 amide bonds. The summed E-state index contributed by atoms with van der Waals surface area (Å²) >= 11 is 1.72. The van der Waals surface area contributed by atoms with Crippen molar-refractivity contribution in [3.63, 3.8) is 0 Å². The summed E-state index contributed by atoms with van der Waals surface area (Å²) in [5.74, 6) is 0.899. The smallest absolute Gasteiger partial charge is 0.251 e. The first-order valence-electron chi connectivity index (χ1n) is 10.5. The second kappa shape index (κ2) is 9.45.